The number of hydrogen-bond donors (Lipinski definition) is 2. The molecular formula is C18H23N5O2. The number of carbonyl (C=O) groups is 1. The maximum absolute atomic E-state index is 12.5. The molecule has 0 spiro atoms. The fourth-order valence-electron chi connectivity index (χ4n) is 2.63. The van der Waals surface area contributed by atoms with Crippen LogP contribution in [0.2, 0.25) is 0 Å². The zero-order valence-electron chi connectivity index (χ0n) is 14.5. The number of nitrogens with one attached hydrogen (secondary N) is 2. The Labute approximate surface area is 147 Å². The molecule has 7 nitrogen and oxygen atoms in total. The second-order valence-electron chi connectivity index (χ2n) is 6.17. The molecule has 1 aliphatic rings. The largest absolute Gasteiger partial charge is 0.378 e. The molecule has 1 saturated heterocycles. The minimum absolute atomic E-state index is 0.225. The molecule has 2 aromatic rings. The molecule has 1 amide bonds. The van der Waals surface area contributed by atoms with Gasteiger partial charge in [0.25, 0.3) is 5.91 Å². The number of morpholine rings is 1. The van der Waals surface area contributed by atoms with Gasteiger partial charge >= 0.3 is 0 Å². The van der Waals surface area contributed by atoms with Gasteiger partial charge in [-0.25, -0.2) is 9.97 Å². The van der Waals surface area contributed by atoms with E-state index >= 15 is 0 Å². The van der Waals surface area contributed by atoms with Crippen LogP contribution in [0, 0.1) is 0 Å². The van der Waals surface area contributed by atoms with Crippen LogP contribution in [0.3, 0.4) is 0 Å². The molecule has 0 bridgehead atoms. The molecule has 0 atom stereocenters. The lowest BCUT2D eigenvalue weighted by molar-refractivity contribution is 0.102. The number of amides is 1. The summed E-state index contributed by atoms with van der Waals surface area (Å²) in [6, 6.07) is 8.02. The summed E-state index contributed by atoms with van der Waals surface area (Å²) in [7, 11) is 0. The van der Waals surface area contributed by atoms with Gasteiger partial charge in [-0.3, -0.25) is 4.79 Å². The number of carbonyl (C=O) groups excluding carboxylic acids is 1. The smallest absolute Gasteiger partial charge is 0.258 e. The summed E-state index contributed by atoms with van der Waals surface area (Å²) in [5.41, 5.74) is 2.20. The number of hydrogen-bond acceptors (Lipinski definition) is 6. The molecule has 2 heterocycles. The molecule has 1 fully saturated rings. The second kappa shape index (κ2) is 7.94. The Morgan fingerprint density at radius 2 is 1.84 bits per heavy atom. The van der Waals surface area contributed by atoms with Gasteiger partial charge in [0.15, 0.2) is 0 Å². The zero-order valence-corrected chi connectivity index (χ0v) is 14.5. The molecule has 0 unspecified atom stereocenters. The van der Waals surface area contributed by atoms with E-state index in [0.29, 0.717) is 24.7 Å². The van der Waals surface area contributed by atoms with E-state index in [4.69, 9.17) is 4.74 Å². The molecule has 1 aromatic heterocycles. The van der Waals surface area contributed by atoms with Crippen molar-refractivity contribution in [3.63, 3.8) is 0 Å². The molecule has 132 valence electrons. The molecule has 1 aromatic carbocycles. The highest BCUT2D eigenvalue weighted by atomic mass is 16.5. The first kappa shape index (κ1) is 17.2. The number of nitrogens with zero attached hydrogens (tertiary/aromatic N) is 3. The molecule has 1 aliphatic heterocycles. The average Bonchev–Trinajstić information content (AvgIpc) is 2.63. The van der Waals surface area contributed by atoms with E-state index in [1.54, 1.807) is 0 Å². The summed E-state index contributed by atoms with van der Waals surface area (Å²) in [6.45, 7) is 7.02. The average molecular weight is 341 g/mol. The standard InChI is InChI=1S/C18H23N5O2/c1-13(2)21-18-19-11-14(12-20-18)17(24)22-15-5-3-4-6-16(15)23-7-9-25-10-8-23/h3-6,11-13H,7-10H2,1-2H3,(H,22,24)(H,19,20,21). The molecule has 2 N–H and O–H groups in total. The summed E-state index contributed by atoms with van der Waals surface area (Å²) < 4.78 is 5.40. The second-order valence-corrected chi connectivity index (χ2v) is 6.17. The first-order chi connectivity index (χ1) is 12.1. The monoisotopic (exact) mass is 341 g/mol. The van der Waals surface area contributed by atoms with Crippen molar-refractivity contribution < 1.29 is 9.53 Å². The summed E-state index contributed by atoms with van der Waals surface area (Å²) in [4.78, 5) is 23.1. The van der Waals surface area contributed by atoms with E-state index in [0.717, 1.165) is 24.5 Å². The van der Waals surface area contributed by atoms with E-state index in [2.05, 4.69) is 25.5 Å². The van der Waals surface area contributed by atoms with Crippen LogP contribution in [-0.4, -0.2) is 48.2 Å². The third-order valence-corrected chi connectivity index (χ3v) is 3.84. The van der Waals surface area contributed by atoms with Gasteiger partial charge in [0, 0.05) is 31.5 Å². The SMILES string of the molecule is CC(C)Nc1ncc(C(=O)Nc2ccccc2N2CCOCC2)cn1. The summed E-state index contributed by atoms with van der Waals surface area (Å²) >= 11 is 0. The van der Waals surface area contributed by atoms with Crippen LogP contribution in [-0.2, 0) is 4.74 Å². The molecule has 0 saturated carbocycles. The third-order valence-electron chi connectivity index (χ3n) is 3.84. The zero-order chi connectivity index (χ0) is 17.6. The lowest BCUT2D eigenvalue weighted by Crippen LogP contribution is -2.36. The normalized spacial score (nSPS) is 14.4. The Bertz CT molecular complexity index is 712. The van der Waals surface area contributed by atoms with E-state index in [1.165, 1.54) is 12.4 Å². The van der Waals surface area contributed by atoms with Crippen molar-refractivity contribution >= 4 is 23.2 Å². The Morgan fingerprint density at radius 3 is 2.52 bits per heavy atom. The number of para-hydroxylation sites is 2. The fourth-order valence-corrected chi connectivity index (χ4v) is 2.63. The lowest BCUT2D eigenvalue weighted by Gasteiger charge is -2.30. The Kier molecular flexibility index (Phi) is 5.45. The van der Waals surface area contributed by atoms with Crippen molar-refractivity contribution in [1.82, 2.24) is 9.97 Å². The molecule has 7 heteroatoms. The highest BCUT2D eigenvalue weighted by Crippen LogP contribution is 2.26. The molecule has 0 aliphatic carbocycles. The Hall–Kier alpha value is -2.67. The Morgan fingerprint density at radius 1 is 1.16 bits per heavy atom. The van der Waals surface area contributed by atoms with E-state index in [9.17, 15) is 4.79 Å². The quantitative estimate of drug-likeness (QED) is 0.869. The van der Waals surface area contributed by atoms with E-state index < -0.39 is 0 Å². The van der Waals surface area contributed by atoms with E-state index in [-0.39, 0.29) is 11.9 Å². The van der Waals surface area contributed by atoms with Gasteiger partial charge in [0.05, 0.1) is 30.2 Å². The van der Waals surface area contributed by atoms with Crippen molar-refractivity contribution in [2.75, 3.05) is 41.8 Å². The number of rotatable bonds is 5. The van der Waals surface area contributed by atoms with Crippen LogP contribution in [0.15, 0.2) is 36.7 Å². The van der Waals surface area contributed by atoms with Gasteiger partial charge in [0.1, 0.15) is 0 Å². The van der Waals surface area contributed by atoms with Crippen molar-refractivity contribution in [1.29, 1.82) is 0 Å². The third kappa shape index (κ3) is 4.45. The fraction of sp³-hybridized carbons (Fsp3) is 0.389. The van der Waals surface area contributed by atoms with Gasteiger partial charge in [-0.1, -0.05) is 12.1 Å². The maximum Gasteiger partial charge on any atom is 0.258 e. The lowest BCUT2D eigenvalue weighted by atomic mass is 10.2. The van der Waals surface area contributed by atoms with Gasteiger partial charge in [-0.2, -0.15) is 0 Å². The van der Waals surface area contributed by atoms with Crippen molar-refractivity contribution in [3.05, 3.63) is 42.2 Å². The van der Waals surface area contributed by atoms with Crippen molar-refractivity contribution in [2.24, 2.45) is 0 Å². The minimum Gasteiger partial charge on any atom is -0.378 e. The summed E-state index contributed by atoms with van der Waals surface area (Å²) in [5, 5.41) is 6.06. The van der Waals surface area contributed by atoms with Crippen LogP contribution in [0.1, 0.15) is 24.2 Å². The Balaban J connectivity index is 1.72. The molecular weight excluding hydrogens is 318 g/mol. The number of benzene rings is 1. The number of anilines is 3. The van der Waals surface area contributed by atoms with Crippen LogP contribution >= 0.6 is 0 Å². The van der Waals surface area contributed by atoms with Crippen molar-refractivity contribution in [2.45, 2.75) is 19.9 Å². The van der Waals surface area contributed by atoms with Gasteiger partial charge < -0.3 is 20.3 Å². The van der Waals surface area contributed by atoms with Crippen LogP contribution < -0.4 is 15.5 Å². The summed E-state index contributed by atoms with van der Waals surface area (Å²) in [5.74, 6) is 0.289. The van der Waals surface area contributed by atoms with Crippen LogP contribution in [0.25, 0.3) is 0 Å². The molecule has 0 radical (unpaired) electrons. The first-order valence-electron chi connectivity index (χ1n) is 8.45. The van der Waals surface area contributed by atoms with Crippen LogP contribution in [0.5, 0.6) is 0 Å². The minimum atomic E-state index is -0.225. The predicted molar refractivity (Wildman–Crippen MR) is 98.2 cm³/mol. The van der Waals surface area contributed by atoms with Gasteiger partial charge in [-0.05, 0) is 26.0 Å². The van der Waals surface area contributed by atoms with Gasteiger partial charge in [-0.15, -0.1) is 0 Å². The highest BCUT2D eigenvalue weighted by Gasteiger charge is 2.16. The number of ether oxygens (including phenoxy) is 1. The topological polar surface area (TPSA) is 79.4 Å². The molecule has 25 heavy (non-hydrogen) atoms. The molecule has 3 rings (SSSR count). The van der Waals surface area contributed by atoms with E-state index in [1.807, 2.05) is 38.1 Å². The summed E-state index contributed by atoms with van der Waals surface area (Å²) in [6.07, 6.45) is 3.06. The maximum atomic E-state index is 12.5. The van der Waals surface area contributed by atoms with Gasteiger partial charge in [0.2, 0.25) is 5.95 Å². The predicted octanol–water partition coefficient (Wildman–Crippen LogP) is 2.39. The number of aromatic nitrogens is 2. The first-order valence-corrected chi connectivity index (χ1v) is 8.45. The highest BCUT2D eigenvalue weighted by molar-refractivity contribution is 6.05. The van der Waals surface area contributed by atoms with Crippen molar-refractivity contribution in [3.8, 4) is 0 Å². The van der Waals surface area contributed by atoms with Crippen LogP contribution in [0.4, 0.5) is 17.3 Å².